The monoisotopic (exact) mass is 259 g/mol. The molecule has 0 radical (unpaired) electrons. The Kier molecular flexibility index (Phi) is 3.06. The Balaban J connectivity index is 2.73. The summed E-state index contributed by atoms with van der Waals surface area (Å²) in [6.45, 7) is 2.01. The summed E-state index contributed by atoms with van der Waals surface area (Å²) >= 11 is 17.6. The molecule has 15 heavy (non-hydrogen) atoms. The van der Waals surface area contributed by atoms with Gasteiger partial charge in [0.25, 0.3) is 0 Å². The molecule has 0 atom stereocenters. The molecule has 4 heteroatoms. The number of aryl methyl sites for hydroxylation is 1. The summed E-state index contributed by atoms with van der Waals surface area (Å²) in [6.07, 6.45) is 0. The fourth-order valence-corrected chi connectivity index (χ4v) is 1.92. The minimum atomic E-state index is -0.645. The second-order valence-electron chi connectivity index (χ2n) is 3.35. The number of fused-ring (bicyclic) bond motifs is 1. The maximum Gasteiger partial charge on any atom is 0.149 e. The Morgan fingerprint density at radius 2 is 1.93 bits per heavy atom. The fraction of sp³-hybridized carbons (Fsp3) is 0.182. The van der Waals surface area contributed by atoms with Crippen molar-refractivity contribution in [1.29, 1.82) is 0 Å². The van der Waals surface area contributed by atoms with Crippen LogP contribution in [0.15, 0.2) is 24.3 Å². The second kappa shape index (κ2) is 4.17. The Labute approximate surface area is 103 Å². The van der Waals surface area contributed by atoms with E-state index in [0.717, 1.165) is 16.5 Å². The maximum atomic E-state index is 6.12. The van der Waals surface area contributed by atoms with Crippen LogP contribution in [0.3, 0.4) is 0 Å². The third-order valence-corrected chi connectivity index (χ3v) is 2.92. The minimum absolute atomic E-state index is 0.583. The summed E-state index contributed by atoms with van der Waals surface area (Å²) in [4.78, 5) is 3.68. The van der Waals surface area contributed by atoms with E-state index in [9.17, 15) is 0 Å². The summed E-state index contributed by atoms with van der Waals surface area (Å²) in [6, 6.07) is 7.59. The molecule has 0 fully saturated rings. The van der Waals surface area contributed by atoms with Crippen molar-refractivity contribution in [3.63, 3.8) is 0 Å². The molecule has 0 amide bonds. The highest BCUT2D eigenvalue weighted by atomic mass is 35.5. The molecule has 1 aromatic heterocycles. The van der Waals surface area contributed by atoms with Crippen LogP contribution in [-0.4, -0.2) is 4.98 Å². The van der Waals surface area contributed by atoms with Gasteiger partial charge in [-0.1, -0.05) is 46.4 Å². The quantitative estimate of drug-likeness (QED) is 0.679. The van der Waals surface area contributed by atoms with Crippen LogP contribution in [-0.2, 0) is 0 Å². The minimum Gasteiger partial charge on any atom is -0.250 e. The number of aromatic nitrogens is 1. The number of halogens is 3. The molecule has 0 saturated heterocycles. The number of benzene rings is 1. The molecule has 1 nitrogen and oxygen atoms in total. The van der Waals surface area contributed by atoms with Crippen LogP contribution in [0.4, 0.5) is 0 Å². The molecule has 0 unspecified atom stereocenters. The van der Waals surface area contributed by atoms with Crippen molar-refractivity contribution in [2.45, 2.75) is 11.8 Å². The van der Waals surface area contributed by atoms with Gasteiger partial charge in [0.05, 0.1) is 16.2 Å². The molecule has 0 spiro atoms. The van der Waals surface area contributed by atoms with Gasteiger partial charge in [0, 0.05) is 5.39 Å². The lowest BCUT2D eigenvalue weighted by Gasteiger charge is -2.06. The average Bonchev–Trinajstić information content (AvgIpc) is 2.18. The van der Waals surface area contributed by atoms with Crippen molar-refractivity contribution in [1.82, 2.24) is 4.98 Å². The standard InChI is InChI=1S/C11H8Cl3N/c1-6-2-3-9-7(4-6)8(12)5-10(15-9)11(13)14/h2-5,11H,1H3. The number of alkyl halides is 2. The Hall–Kier alpha value is -0.500. The first-order valence-electron chi connectivity index (χ1n) is 4.43. The van der Waals surface area contributed by atoms with Gasteiger partial charge in [0.15, 0.2) is 0 Å². The molecule has 1 heterocycles. The van der Waals surface area contributed by atoms with Gasteiger partial charge in [-0.05, 0) is 25.1 Å². The van der Waals surface area contributed by atoms with E-state index in [-0.39, 0.29) is 0 Å². The SMILES string of the molecule is Cc1ccc2nc(C(Cl)Cl)cc(Cl)c2c1. The normalized spacial score (nSPS) is 11.3. The van der Waals surface area contributed by atoms with Crippen molar-refractivity contribution in [3.8, 4) is 0 Å². The Morgan fingerprint density at radius 3 is 2.60 bits per heavy atom. The zero-order valence-corrected chi connectivity index (χ0v) is 10.2. The molecular weight excluding hydrogens is 252 g/mol. The highest BCUT2D eigenvalue weighted by molar-refractivity contribution is 6.44. The predicted molar refractivity (Wildman–Crippen MR) is 65.9 cm³/mol. The molecule has 1 aromatic carbocycles. The fourth-order valence-electron chi connectivity index (χ4n) is 1.43. The maximum absolute atomic E-state index is 6.12. The first kappa shape index (κ1) is 11.0. The summed E-state index contributed by atoms with van der Waals surface area (Å²) < 4.78 is 0. The molecular formula is C11H8Cl3N. The van der Waals surface area contributed by atoms with Crippen LogP contribution in [0.5, 0.6) is 0 Å². The van der Waals surface area contributed by atoms with E-state index in [2.05, 4.69) is 4.98 Å². The van der Waals surface area contributed by atoms with E-state index in [1.54, 1.807) is 6.07 Å². The van der Waals surface area contributed by atoms with E-state index >= 15 is 0 Å². The summed E-state index contributed by atoms with van der Waals surface area (Å²) in [5.74, 6) is 0. The smallest absolute Gasteiger partial charge is 0.149 e. The van der Waals surface area contributed by atoms with Crippen LogP contribution in [0.25, 0.3) is 10.9 Å². The molecule has 2 rings (SSSR count). The van der Waals surface area contributed by atoms with E-state index in [0.29, 0.717) is 10.7 Å². The first-order chi connectivity index (χ1) is 7.08. The predicted octanol–water partition coefficient (Wildman–Crippen LogP) is 4.67. The molecule has 0 aliphatic rings. The van der Waals surface area contributed by atoms with Gasteiger partial charge in [-0.2, -0.15) is 0 Å². The van der Waals surface area contributed by atoms with Crippen molar-refractivity contribution in [2.24, 2.45) is 0 Å². The van der Waals surface area contributed by atoms with Gasteiger partial charge in [-0.15, -0.1) is 0 Å². The van der Waals surface area contributed by atoms with Crippen LogP contribution in [0.2, 0.25) is 5.02 Å². The largest absolute Gasteiger partial charge is 0.250 e. The summed E-state index contributed by atoms with van der Waals surface area (Å²) in [5, 5.41) is 1.56. The zero-order valence-electron chi connectivity index (χ0n) is 7.97. The lowest BCUT2D eigenvalue weighted by atomic mass is 10.1. The third kappa shape index (κ3) is 2.20. The van der Waals surface area contributed by atoms with E-state index < -0.39 is 4.84 Å². The van der Waals surface area contributed by atoms with E-state index in [1.807, 2.05) is 25.1 Å². The summed E-state index contributed by atoms with van der Waals surface area (Å²) in [7, 11) is 0. The van der Waals surface area contributed by atoms with Gasteiger partial charge in [-0.25, -0.2) is 4.98 Å². The average molecular weight is 261 g/mol. The Morgan fingerprint density at radius 1 is 1.20 bits per heavy atom. The van der Waals surface area contributed by atoms with Crippen molar-refractivity contribution >= 4 is 45.7 Å². The van der Waals surface area contributed by atoms with Crippen LogP contribution < -0.4 is 0 Å². The number of hydrogen-bond acceptors (Lipinski definition) is 1. The van der Waals surface area contributed by atoms with Crippen molar-refractivity contribution in [3.05, 3.63) is 40.5 Å². The van der Waals surface area contributed by atoms with Gasteiger partial charge in [0.2, 0.25) is 0 Å². The van der Waals surface area contributed by atoms with E-state index in [4.69, 9.17) is 34.8 Å². The molecule has 0 aliphatic heterocycles. The zero-order chi connectivity index (χ0) is 11.0. The van der Waals surface area contributed by atoms with Gasteiger partial charge in [-0.3, -0.25) is 0 Å². The highest BCUT2D eigenvalue weighted by Crippen LogP contribution is 2.30. The van der Waals surface area contributed by atoms with Crippen molar-refractivity contribution in [2.75, 3.05) is 0 Å². The topological polar surface area (TPSA) is 12.9 Å². The molecule has 0 N–H and O–H groups in total. The number of hydrogen-bond donors (Lipinski definition) is 0. The van der Waals surface area contributed by atoms with Gasteiger partial charge in [0.1, 0.15) is 4.84 Å². The lowest BCUT2D eigenvalue weighted by Crippen LogP contribution is -1.90. The molecule has 0 aliphatic carbocycles. The first-order valence-corrected chi connectivity index (χ1v) is 5.68. The van der Waals surface area contributed by atoms with Gasteiger partial charge >= 0.3 is 0 Å². The Bertz CT molecular complexity index is 508. The second-order valence-corrected chi connectivity index (χ2v) is 4.85. The van der Waals surface area contributed by atoms with Crippen LogP contribution in [0, 0.1) is 6.92 Å². The molecule has 0 saturated carbocycles. The molecule has 0 bridgehead atoms. The molecule has 78 valence electrons. The van der Waals surface area contributed by atoms with Crippen molar-refractivity contribution < 1.29 is 0 Å². The van der Waals surface area contributed by atoms with Crippen LogP contribution >= 0.6 is 34.8 Å². The summed E-state index contributed by atoms with van der Waals surface area (Å²) in [5.41, 5.74) is 2.54. The lowest BCUT2D eigenvalue weighted by molar-refractivity contribution is 1.18. The number of nitrogens with zero attached hydrogens (tertiary/aromatic N) is 1. The number of pyridine rings is 1. The van der Waals surface area contributed by atoms with Gasteiger partial charge < -0.3 is 0 Å². The molecule has 2 aromatic rings. The van der Waals surface area contributed by atoms with E-state index in [1.165, 1.54) is 0 Å². The highest BCUT2D eigenvalue weighted by Gasteiger charge is 2.09. The van der Waals surface area contributed by atoms with Crippen LogP contribution in [0.1, 0.15) is 16.1 Å². The third-order valence-electron chi connectivity index (χ3n) is 2.16. The number of rotatable bonds is 1.